The van der Waals surface area contributed by atoms with Crippen molar-refractivity contribution >= 4 is 29.3 Å². The Labute approximate surface area is 170 Å². The Morgan fingerprint density at radius 2 is 1.76 bits per heavy atom. The van der Waals surface area contributed by atoms with Crippen LogP contribution in [0.5, 0.6) is 5.75 Å². The Balaban J connectivity index is 1.63. The molecule has 2 aromatic rings. The molecule has 1 unspecified atom stereocenters. The first kappa shape index (κ1) is 18.0. The Kier molecular flexibility index (Phi) is 3.55. The number of imide groups is 1. The molecule has 3 aliphatic rings. The van der Waals surface area contributed by atoms with E-state index in [4.69, 9.17) is 4.74 Å². The highest BCUT2D eigenvalue weighted by Gasteiger charge is 2.58. The normalized spacial score (nSPS) is 24.1. The van der Waals surface area contributed by atoms with E-state index >= 15 is 0 Å². The maximum Gasteiger partial charge on any atom is 0.234 e. The van der Waals surface area contributed by atoms with Gasteiger partial charge in [-0.1, -0.05) is 18.2 Å². The van der Waals surface area contributed by atoms with Crippen LogP contribution in [0, 0.1) is 6.92 Å². The van der Waals surface area contributed by atoms with Gasteiger partial charge < -0.3 is 9.64 Å². The minimum atomic E-state index is -0.688. The molecule has 2 amide bonds. The maximum atomic E-state index is 12.2. The zero-order chi connectivity index (χ0) is 20.6. The molecule has 0 aliphatic carbocycles. The summed E-state index contributed by atoms with van der Waals surface area (Å²) in [5, 5.41) is 0. The molecule has 148 valence electrons. The third kappa shape index (κ3) is 2.21. The SMILES string of the molecule is Cc1cccc2c1OC1(C=C2)N(C)c2ccc(N3C(=O)CCC3=O)cc2C1(C)C. The molecule has 1 fully saturated rings. The van der Waals surface area contributed by atoms with Crippen molar-refractivity contribution in [2.45, 2.75) is 44.8 Å². The Hall–Kier alpha value is -3.08. The summed E-state index contributed by atoms with van der Waals surface area (Å²) in [5.74, 6) is 0.632. The van der Waals surface area contributed by atoms with Gasteiger partial charge in [-0.05, 0) is 62.2 Å². The van der Waals surface area contributed by atoms with E-state index in [1.54, 1.807) is 0 Å². The van der Waals surface area contributed by atoms with Crippen molar-refractivity contribution in [1.82, 2.24) is 0 Å². The standard InChI is InChI=1S/C24H24N2O3/c1-15-6-5-7-16-12-13-24(29-22(15)16)23(2,3)18-14-17(8-9-19(18)25(24)4)26-20(27)10-11-21(26)28/h5-9,12-14H,10-11H2,1-4H3. The Morgan fingerprint density at radius 1 is 1.03 bits per heavy atom. The van der Waals surface area contributed by atoms with Crippen LogP contribution < -0.4 is 14.5 Å². The van der Waals surface area contributed by atoms with Gasteiger partial charge in [0.1, 0.15) is 5.75 Å². The van der Waals surface area contributed by atoms with E-state index in [-0.39, 0.29) is 24.7 Å². The quantitative estimate of drug-likeness (QED) is 0.688. The van der Waals surface area contributed by atoms with E-state index in [1.807, 2.05) is 31.3 Å². The monoisotopic (exact) mass is 388 g/mol. The maximum absolute atomic E-state index is 12.2. The number of nitrogens with zero attached hydrogens (tertiary/aromatic N) is 2. The number of para-hydroxylation sites is 1. The van der Waals surface area contributed by atoms with Gasteiger partial charge >= 0.3 is 0 Å². The number of likely N-dealkylation sites (N-methyl/N-ethyl adjacent to an activating group) is 1. The summed E-state index contributed by atoms with van der Waals surface area (Å²) in [6.45, 7) is 6.37. The van der Waals surface area contributed by atoms with E-state index < -0.39 is 11.1 Å². The fourth-order valence-corrected chi connectivity index (χ4v) is 4.97. The molecule has 2 aromatic carbocycles. The smallest absolute Gasteiger partial charge is 0.234 e. The highest BCUT2D eigenvalue weighted by Crippen LogP contribution is 2.55. The number of hydrogen-bond acceptors (Lipinski definition) is 4. The molecule has 1 saturated heterocycles. The molecule has 5 rings (SSSR count). The van der Waals surface area contributed by atoms with Crippen LogP contribution in [-0.4, -0.2) is 24.6 Å². The Bertz CT molecular complexity index is 1090. The summed E-state index contributed by atoms with van der Waals surface area (Å²) in [5.41, 5.74) is 3.82. The van der Waals surface area contributed by atoms with Gasteiger partial charge in [-0.15, -0.1) is 0 Å². The van der Waals surface area contributed by atoms with Crippen molar-refractivity contribution in [3.8, 4) is 5.75 Å². The molecule has 0 N–H and O–H groups in total. The van der Waals surface area contributed by atoms with E-state index in [2.05, 4.69) is 50.0 Å². The van der Waals surface area contributed by atoms with E-state index in [0.29, 0.717) is 5.69 Å². The zero-order valence-corrected chi connectivity index (χ0v) is 17.2. The fourth-order valence-electron chi connectivity index (χ4n) is 4.97. The largest absolute Gasteiger partial charge is 0.463 e. The topological polar surface area (TPSA) is 49.9 Å². The summed E-state index contributed by atoms with van der Waals surface area (Å²) in [4.78, 5) is 28.0. The van der Waals surface area contributed by atoms with Crippen LogP contribution in [0.2, 0.25) is 0 Å². The molecular formula is C24H24N2O3. The van der Waals surface area contributed by atoms with E-state index in [1.165, 1.54) is 4.90 Å². The molecule has 29 heavy (non-hydrogen) atoms. The minimum absolute atomic E-state index is 0.132. The lowest BCUT2D eigenvalue weighted by Crippen LogP contribution is -2.58. The second-order valence-electron chi connectivity index (χ2n) is 8.63. The summed E-state index contributed by atoms with van der Waals surface area (Å²) in [6, 6.07) is 12.0. The number of fused-ring (bicyclic) bond motifs is 2. The van der Waals surface area contributed by atoms with Crippen molar-refractivity contribution in [3.63, 3.8) is 0 Å². The number of ether oxygens (including phenoxy) is 1. The summed E-state index contributed by atoms with van der Waals surface area (Å²) >= 11 is 0. The number of benzene rings is 2. The highest BCUT2D eigenvalue weighted by molar-refractivity contribution is 6.20. The van der Waals surface area contributed by atoms with Gasteiger partial charge in [0.05, 0.1) is 11.1 Å². The van der Waals surface area contributed by atoms with E-state index in [0.717, 1.165) is 28.1 Å². The second kappa shape index (κ2) is 5.72. The van der Waals surface area contributed by atoms with Crippen LogP contribution in [0.25, 0.3) is 6.08 Å². The van der Waals surface area contributed by atoms with Gasteiger partial charge in [0.25, 0.3) is 0 Å². The predicted octanol–water partition coefficient (Wildman–Crippen LogP) is 4.18. The summed E-state index contributed by atoms with van der Waals surface area (Å²) in [7, 11) is 2.03. The van der Waals surface area contributed by atoms with Crippen LogP contribution in [0.1, 0.15) is 43.4 Å². The zero-order valence-electron chi connectivity index (χ0n) is 17.2. The van der Waals surface area contributed by atoms with Crippen molar-refractivity contribution < 1.29 is 14.3 Å². The number of rotatable bonds is 1. The summed E-state index contributed by atoms with van der Waals surface area (Å²) < 4.78 is 6.72. The van der Waals surface area contributed by atoms with Crippen molar-refractivity contribution in [2.75, 3.05) is 16.8 Å². The van der Waals surface area contributed by atoms with Gasteiger partial charge in [0.15, 0.2) is 0 Å². The van der Waals surface area contributed by atoms with Crippen LogP contribution in [-0.2, 0) is 15.0 Å². The van der Waals surface area contributed by atoms with Crippen molar-refractivity contribution in [1.29, 1.82) is 0 Å². The van der Waals surface area contributed by atoms with Gasteiger partial charge in [0, 0.05) is 31.1 Å². The molecule has 1 spiro atoms. The molecule has 5 heteroatoms. The van der Waals surface area contributed by atoms with Crippen molar-refractivity contribution in [2.24, 2.45) is 0 Å². The van der Waals surface area contributed by atoms with Crippen molar-refractivity contribution in [3.05, 3.63) is 59.2 Å². The number of aryl methyl sites for hydroxylation is 1. The van der Waals surface area contributed by atoms with Crippen LogP contribution >= 0.6 is 0 Å². The van der Waals surface area contributed by atoms with Gasteiger partial charge in [-0.3, -0.25) is 14.5 Å². The lowest BCUT2D eigenvalue weighted by Gasteiger charge is -2.46. The number of hydrogen-bond donors (Lipinski definition) is 0. The molecule has 3 aliphatic heterocycles. The van der Waals surface area contributed by atoms with Crippen LogP contribution in [0.3, 0.4) is 0 Å². The van der Waals surface area contributed by atoms with Gasteiger partial charge in [0.2, 0.25) is 17.5 Å². The molecule has 0 saturated carbocycles. The molecule has 0 radical (unpaired) electrons. The molecule has 3 heterocycles. The second-order valence-corrected chi connectivity index (χ2v) is 8.63. The highest BCUT2D eigenvalue weighted by atomic mass is 16.5. The Morgan fingerprint density at radius 3 is 2.48 bits per heavy atom. The first-order valence-corrected chi connectivity index (χ1v) is 9.98. The average Bonchev–Trinajstić information content (AvgIpc) is 3.11. The molecule has 0 aromatic heterocycles. The average molecular weight is 388 g/mol. The minimum Gasteiger partial charge on any atom is -0.463 e. The third-order valence-electron chi connectivity index (χ3n) is 6.71. The molecular weight excluding hydrogens is 364 g/mol. The molecule has 1 atom stereocenters. The van der Waals surface area contributed by atoms with Crippen LogP contribution in [0.4, 0.5) is 11.4 Å². The van der Waals surface area contributed by atoms with Crippen LogP contribution in [0.15, 0.2) is 42.5 Å². The molecule has 5 nitrogen and oxygen atoms in total. The fraction of sp³-hybridized carbons (Fsp3) is 0.333. The first-order chi connectivity index (χ1) is 13.8. The summed E-state index contributed by atoms with van der Waals surface area (Å²) in [6.07, 6.45) is 4.82. The number of amides is 2. The first-order valence-electron chi connectivity index (χ1n) is 9.98. The number of anilines is 2. The lowest BCUT2D eigenvalue weighted by atomic mass is 9.76. The van der Waals surface area contributed by atoms with E-state index in [9.17, 15) is 9.59 Å². The van der Waals surface area contributed by atoms with Gasteiger partial charge in [-0.25, -0.2) is 0 Å². The predicted molar refractivity (Wildman–Crippen MR) is 113 cm³/mol. The number of carbonyl (C=O) groups excluding carboxylic acids is 2. The van der Waals surface area contributed by atoms with Gasteiger partial charge in [-0.2, -0.15) is 0 Å². The number of carbonyl (C=O) groups is 2. The third-order valence-corrected chi connectivity index (χ3v) is 6.71. The molecule has 0 bridgehead atoms. The lowest BCUT2D eigenvalue weighted by molar-refractivity contribution is -0.121.